The first kappa shape index (κ1) is 34.0. The summed E-state index contributed by atoms with van der Waals surface area (Å²) in [7, 11) is 3.76. The van der Waals surface area contributed by atoms with Gasteiger partial charge in [-0.2, -0.15) is 0 Å². The summed E-state index contributed by atoms with van der Waals surface area (Å²) in [6.45, 7) is 8.72. The zero-order chi connectivity index (χ0) is 35.3. The Balaban J connectivity index is 1.04. The summed E-state index contributed by atoms with van der Waals surface area (Å²) in [5.74, 6) is -0.433. The number of carbonyl (C=O) groups is 1. The molecule has 10 nitrogen and oxygen atoms in total. The first-order valence-corrected chi connectivity index (χ1v) is 18.7. The number of pyridine rings is 1. The number of anilines is 2. The van der Waals surface area contributed by atoms with E-state index in [1.165, 1.54) is 52.2 Å². The number of aliphatic hydroxyl groups is 1. The molecule has 0 radical (unpaired) electrons. The fourth-order valence-electron chi connectivity index (χ4n) is 9.33. The molecule has 0 atom stereocenters. The highest BCUT2D eigenvalue weighted by Gasteiger charge is 2.44. The number of hydrogen-bond acceptors (Lipinski definition) is 8. The average Bonchev–Trinajstić information content (AvgIpc) is 3.49. The number of amides is 1. The van der Waals surface area contributed by atoms with Gasteiger partial charge in [-0.3, -0.25) is 10.1 Å². The highest BCUT2D eigenvalue weighted by Crippen LogP contribution is 2.41. The second-order valence-corrected chi connectivity index (χ2v) is 15.5. The number of para-hydroxylation sites is 1. The molecule has 1 saturated carbocycles. The minimum atomic E-state index is -0.712. The number of imidazole rings is 1. The van der Waals surface area contributed by atoms with Crippen molar-refractivity contribution in [2.75, 3.05) is 63.6 Å². The van der Waals surface area contributed by atoms with Crippen LogP contribution >= 0.6 is 0 Å². The van der Waals surface area contributed by atoms with Crippen molar-refractivity contribution in [3.05, 3.63) is 65.6 Å². The van der Waals surface area contributed by atoms with E-state index in [9.17, 15) is 9.90 Å². The van der Waals surface area contributed by atoms with Crippen molar-refractivity contribution in [3.8, 4) is 17.0 Å². The molecule has 8 rings (SSSR count). The summed E-state index contributed by atoms with van der Waals surface area (Å²) in [4.78, 5) is 30.9. The SMILES string of the molecule is COc1ccccc1-c1nc(C)cc(C(=O)Nc2nc3ccc(N4CCC(N5CCC6(CC5)CN(C)C6)CC4)cc3n2C2CCC(O)CC2)c1F. The first-order valence-electron chi connectivity index (χ1n) is 18.7. The van der Waals surface area contributed by atoms with Crippen LogP contribution in [0.2, 0.25) is 0 Å². The fraction of sp³-hybridized carbons (Fsp3) is 0.525. The summed E-state index contributed by atoms with van der Waals surface area (Å²) in [5.41, 5.74) is 4.41. The third-order valence-corrected chi connectivity index (χ3v) is 12.0. The van der Waals surface area contributed by atoms with Crippen molar-refractivity contribution < 1.29 is 19.0 Å². The lowest BCUT2D eigenvalue weighted by Gasteiger charge is -2.54. The summed E-state index contributed by atoms with van der Waals surface area (Å²) in [6, 6.07) is 15.6. The Hall–Kier alpha value is -4.06. The molecule has 1 aliphatic carbocycles. The van der Waals surface area contributed by atoms with Crippen LogP contribution in [0.4, 0.5) is 16.0 Å². The van der Waals surface area contributed by atoms with Gasteiger partial charge in [-0.15, -0.1) is 0 Å². The van der Waals surface area contributed by atoms with Crippen LogP contribution in [-0.2, 0) is 0 Å². The molecule has 2 aromatic carbocycles. The van der Waals surface area contributed by atoms with Crippen molar-refractivity contribution in [3.63, 3.8) is 0 Å². The third kappa shape index (κ3) is 6.60. The van der Waals surface area contributed by atoms with E-state index in [1.807, 2.05) is 12.1 Å². The van der Waals surface area contributed by atoms with Gasteiger partial charge in [0.25, 0.3) is 5.91 Å². The van der Waals surface area contributed by atoms with Gasteiger partial charge >= 0.3 is 0 Å². The van der Waals surface area contributed by atoms with Gasteiger partial charge in [-0.05, 0) is 120 Å². The van der Waals surface area contributed by atoms with E-state index in [4.69, 9.17) is 9.72 Å². The average molecular weight is 696 g/mol. The third-order valence-electron chi connectivity index (χ3n) is 12.0. The lowest BCUT2D eigenvalue weighted by Crippen LogP contribution is -2.60. The molecule has 51 heavy (non-hydrogen) atoms. The second-order valence-electron chi connectivity index (χ2n) is 15.5. The number of nitrogens with zero attached hydrogens (tertiary/aromatic N) is 6. The smallest absolute Gasteiger partial charge is 0.261 e. The standard InChI is InChI=1S/C40H50FN7O3/c1-26-22-32(36(41)37(42-26)31-6-4-5-7-35(31)51-3)38(50)44-39-43-33-13-10-29(23-34(33)48(39)28-8-11-30(49)12-9-28)46-18-14-27(15-19-46)47-20-16-40(17-21-47)24-45(2)25-40/h4-7,10,13,22-23,27-28,30,49H,8-9,11-12,14-21,24-25H2,1-3H3,(H,43,44,50). The molecule has 4 aliphatic rings. The predicted octanol–water partition coefficient (Wildman–Crippen LogP) is 6.28. The number of halogens is 1. The monoisotopic (exact) mass is 695 g/mol. The van der Waals surface area contributed by atoms with Crippen molar-refractivity contribution in [1.29, 1.82) is 0 Å². The van der Waals surface area contributed by atoms with Gasteiger partial charge in [0.2, 0.25) is 5.95 Å². The zero-order valence-electron chi connectivity index (χ0n) is 30.1. The molecule has 3 saturated heterocycles. The molecular weight excluding hydrogens is 645 g/mol. The van der Waals surface area contributed by atoms with Gasteiger partial charge in [-0.1, -0.05) is 12.1 Å². The van der Waals surface area contributed by atoms with Crippen LogP contribution in [0.25, 0.3) is 22.3 Å². The van der Waals surface area contributed by atoms with E-state index in [1.54, 1.807) is 25.1 Å². The number of nitrogens with one attached hydrogen (secondary N) is 1. The van der Waals surface area contributed by atoms with Crippen LogP contribution in [0, 0.1) is 18.2 Å². The number of likely N-dealkylation sites (tertiary alicyclic amines) is 2. The molecule has 4 fully saturated rings. The van der Waals surface area contributed by atoms with Crippen molar-refractivity contribution >= 4 is 28.6 Å². The molecule has 0 bridgehead atoms. The zero-order valence-corrected chi connectivity index (χ0v) is 30.1. The number of rotatable bonds is 7. The van der Waals surface area contributed by atoms with E-state index in [2.05, 4.69) is 48.7 Å². The molecule has 0 unspecified atom stereocenters. The highest BCUT2D eigenvalue weighted by molar-refractivity contribution is 6.05. The number of ether oxygens (including phenoxy) is 1. The molecule has 2 N–H and O–H groups in total. The van der Waals surface area contributed by atoms with E-state index in [-0.39, 0.29) is 23.4 Å². The molecule has 4 aromatic rings. The largest absolute Gasteiger partial charge is 0.496 e. The minimum absolute atomic E-state index is 0.0423. The lowest BCUT2D eigenvalue weighted by atomic mass is 9.72. The summed E-state index contributed by atoms with van der Waals surface area (Å²) >= 11 is 0. The maximum absolute atomic E-state index is 16.1. The normalized spacial score (nSPS) is 23.0. The molecule has 270 valence electrons. The first-order chi connectivity index (χ1) is 24.7. The number of fused-ring (bicyclic) bond motifs is 1. The van der Waals surface area contributed by atoms with Gasteiger partial charge in [0, 0.05) is 55.2 Å². The number of aryl methyl sites for hydroxylation is 1. The van der Waals surface area contributed by atoms with Gasteiger partial charge < -0.3 is 29.1 Å². The van der Waals surface area contributed by atoms with Crippen molar-refractivity contribution in [2.24, 2.45) is 5.41 Å². The molecule has 2 aromatic heterocycles. The molecule has 5 heterocycles. The quantitative estimate of drug-likeness (QED) is 0.233. The Bertz CT molecular complexity index is 1900. The van der Waals surface area contributed by atoms with Gasteiger partial charge in [0.15, 0.2) is 5.82 Å². The molecular formula is C40H50FN7O3. The Morgan fingerprint density at radius 2 is 1.67 bits per heavy atom. The minimum Gasteiger partial charge on any atom is -0.496 e. The van der Waals surface area contributed by atoms with Gasteiger partial charge in [-0.25, -0.2) is 14.4 Å². The Labute approximate surface area is 299 Å². The van der Waals surface area contributed by atoms with Crippen LogP contribution in [0.1, 0.15) is 73.5 Å². The van der Waals surface area contributed by atoms with E-state index < -0.39 is 11.7 Å². The molecule has 1 amide bonds. The van der Waals surface area contributed by atoms with Crippen LogP contribution < -0.4 is 15.0 Å². The van der Waals surface area contributed by atoms with Gasteiger partial charge in [0.1, 0.15) is 11.4 Å². The molecule has 1 spiro atoms. The number of aliphatic hydroxyl groups excluding tert-OH is 1. The Morgan fingerprint density at radius 3 is 2.37 bits per heavy atom. The second kappa shape index (κ2) is 13.8. The number of aromatic nitrogens is 3. The van der Waals surface area contributed by atoms with Crippen molar-refractivity contribution in [1.82, 2.24) is 24.3 Å². The Morgan fingerprint density at radius 1 is 0.941 bits per heavy atom. The van der Waals surface area contributed by atoms with Crippen LogP contribution in [0.15, 0.2) is 48.5 Å². The number of methoxy groups -OCH3 is 1. The Kier molecular flexibility index (Phi) is 9.23. The predicted molar refractivity (Wildman–Crippen MR) is 198 cm³/mol. The summed E-state index contributed by atoms with van der Waals surface area (Å²) in [5, 5.41) is 13.3. The number of benzene rings is 2. The fourth-order valence-corrected chi connectivity index (χ4v) is 9.33. The molecule has 3 aliphatic heterocycles. The van der Waals surface area contributed by atoms with Crippen molar-refractivity contribution in [2.45, 2.75) is 76.5 Å². The summed E-state index contributed by atoms with van der Waals surface area (Å²) in [6.07, 6.45) is 7.52. The van der Waals surface area contributed by atoms with Crippen LogP contribution in [-0.4, -0.2) is 101 Å². The van der Waals surface area contributed by atoms with Gasteiger partial charge in [0.05, 0.1) is 29.8 Å². The topological polar surface area (TPSA) is 99.0 Å². The van der Waals surface area contributed by atoms with E-state index in [0.29, 0.717) is 47.3 Å². The van der Waals surface area contributed by atoms with E-state index >= 15 is 4.39 Å². The van der Waals surface area contributed by atoms with Crippen LogP contribution in [0.5, 0.6) is 5.75 Å². The molecule has 11 heteroatoms. The number of piperidine rings is 2. The summed E-state index contributed by atoms with van der Waals surface area (Å²) < 4.78 is 23.7. The highest BCUT2D eigenvalue weighted by atomic mass is 19.1. The maximum Gasteiger partial charge on any atom is 0.261 e. The number of carbonyl (C=O) groups excluding carboxylic acids is 1. The van der Waals surface area contributed by atoms with E-state index in [0.717, 1.165) is 55.5 Å². The maximum atomic E-state index is 16.1. The number of hydrogen-bond donors (Lipinski definition) is 2. The lowest BCUT2D eigenvalue weighted by molar-refractivity contribution is -0.0419. The van der Waals surface area contributed by atoms with Crippen LogP contribution in [0.3, 0.4) is 0 Å².